The number of imidazole rings is 1. The SMILES string of the molecule is C=C(F)CC/C(=C(\C)F)c1cnc2nc(COC3=CCN(C)C(F)=C3)cn2n1. The lowest BCUT2D eigenvalue weighted by Gasteiger charge is -2.19. The van der Waals surface area contributed by atoms with Crippen molar-refractivity contribution in [3.05, 3.63) is 65.9 Å². The van der Waals surface area contributed by atoms with Crippen LogP contribution in [0.1, 0.15) is 31.2 Å². The second-order valence-corrected chi connectivity index (χ2v) is 6.39. The number of aromatic nitrogens is 4. The molecule has 0 radical (unpaired) electrons. The van der Waals surface area contributed by atoms with E-state index in [0.717, 1.165) is 0 Å². The van der Waals surface area contributed by atoms with Crippen molar-refractivity contribution in [3.8, 4) is 0 Å². The first-order valence-electron chi connectivity index (χ1n) is 8.65. The van der Waals surface area contributed by atoms with Crippen molar-refractivity contribution in [2.75, 3.05) is 13.6 Å². The number of halogens is 3. The average Bonchev–Trinajstić information content (AvgIpc) is 3.04. The van der Waals surface area contributed by atoms with E-state index in [4.69, 9.17) is 4.74 Å². The van der Waals surface area contributed by atoms with Gasteiger partial charge in [0, 0.05) is 31.7 Å². The Labute approximate surface area is 160 Å². The third-order valence-electron chi connectivity index (χ3n) is 4.19. The lowest BCUT2D eigenvalue weighted by Crippen LogP contribution is -2.19. The monoisotopic (exact) mass is 391 g/mol. The van der Waals surface area contributed by atoms with Crippen LogP contribution in [0, 0.1) is 0 Å². The van der Waals surface area contributed by atoms with E-state index in [2.05, 4.69) is 21.6 Å². The van der Waals surface area contributed by atoms with Crippen LogP contribution in [0.25, 0.3) is 11.4 Å². The molecule has 1 aliphatic heterocycles. The van der Waals surface area contributed by atoms with Gasteiger partial charge in [0.1, 0.15) is 29.6 Å². The Morgan fingerprint density at radius 1 is 1.32 bits per heavy atom. The predicted molar refractivity (Wildman–Crippen MR) is 98.7 cm³/mol. The highest BCUT2D eigenvalue weighted by Crippen LogP contribution is 2.25. The number of allylic oxidation sites excluding steroid dienone is 4. The Hall–Kier alpha value is -3.10. The molecule has 2 aromatic heterocycles. The Kier molecular flexibility index (Phi) is 5.81. The van der Waals surface area contributed by atoms with Crippen LogP contribution in [0.4, 0.5) is 13.2 Å². The summed E-state index contributed by atoms with van der Waals surface area (Å²) in [6, 6.07) is 0. The maximum atomic E-state index is 13.9. The average molecular weight is 391 g/mol. The van der Waals surface area contributed by atoms with Gasteiger partial charge in [0.25, 0.3) is 5.78 Å². The minimum Gasteiger partial charge on any atom is -0.487 e. The van der Waals surface area contributed by atoms with Gasteiger partial charge in [-0.05, 0) is 19.4 Å². The molecule has 2 aromatic rings. The summed E-state index contributed by atoms with van der Waals surface area (Å²) in [5.41, 5.74) is 1.09. The van der Waals surface area contributed by atoms with Gasteiger partial charge in [-0.15, -0.1) is 0 Å². The van der Waals surface area contributed by atoms with Crippen molar-refractivity contribution in [2.24, 2.45) is 0 Å². The minimum atomic E-state index is -0.524. The highest BCUT2D eigenvalue weighted by molar-refractivity contribution is 5.63. The quantitative estimate of drug-likeness (QED) is 0.661. The molecule has 148 valence electrons. The van der Waals surface area contributed by atoms with Crippen LogP contribution in [0.2, 0.25) is 0 Å². The van der Waals surface area contributed by atoms with Crippen molar-refractivity contribution >= 4 is 11.4 Å². The molecular formula is C19H20F3N5O. The fourth-order valence-corrected chi connectivity index (χ4v) is 2.63. The van der Waals surface area contributed by atoms with E-state index in [-0.39, 0.29) is 31.0 Å². The summed E-state index contributed by atoms with van der Waals surface area (Å²) >= 11 is 0. The molecule has 0 N–H and O–H groups in total. The number of likely N-dealkylation sites (N-methyl/N-ethyl adjacent to an activating group) is 1. The van der Waals surface area contributed by atoms with E-state index in [1.54, 1.807) is 19.3 Å². The molecular weight excluding hydrogens is 371 g/mol. The maximum absolute atomic E-state index is 13.9. The largest absolute Gasteiger partial charge is 0.487 e. The molecule has 0 spiro atoms. The number of hydrogen-bond acceptors (Lipinski definition) is 5. The molecule has 0 saturated heterocycles. The second-order valence-electron chi connectivity index (χ2n) is 6.39. The van der Waals surface area contributed by atoms with Crippen LogP contribution in [-0.4, -0.2) is 38.1 Å². The Morgan fingerprint density at radius 3 is 2.79 bits per heavy atom. The van der Waals surface area contributed by atoms with Gasteiger partial charge in [-0.1, -0.05) is 6.58 Å². The zero-order chi connectivity index (χ0) is 20.3. The zero-order valence-electron chi connectivity index (χ0n) is 15.6. The molecule has 1 aliphatic rings. The molecule has 0 aliphatic carbocycles. The maximum Gasteiger partial charge on any atom is 0.251 e. The van der Waals surface area contributed by atoms with Gasteiger partial charge in [-0.3, -0.25) is 0 Å². The van der Waals surface area contributed by atoms with Crippen molar-refractivity contribution in [2.45, 2.75) is 26.4 Å². The zero-order valence-corrected chi connectivity index (χ0v) is 15.6. The molecule has 0 unspecified atom stereocenters. The summed E-state index contributed by atoms with van der Waals surface area (Å²) in [6.07, 6.45) is 6.18. The summed E-state index contributed by atoms with van der Waals surface area (Å²) in [5.74, 6) is -0.631. The normalized spacial score (nSPS) is 15.2. The van der Waals surface area contributed by atoms with E-state index in [0.29, 0.717) is 29.5 Å². The Morgan fingerprint density at radius 2 is 2.11 bits per heavy atom. The summed E-state index contributed by atoms with van der Waals surface area (Å²) in [6.45, 7) is 5.00. The third-order valence-corrected chi connectivity index (χ3v) is 4.19. The van der Waals surface area contributed by atoms with E-state index in [1.807, 2.05) is 0 Å². The van der Waals surface area contributed by atoms with E-state index < -0.39 is 11.7 Å². The van der Waals surface area contributed by atoms with Crippen LogP contribution in [-0.2, 0) is 11.3 Å². The molecule has 0 bridgehead atoms. The molecule has 0 amide bonds. The summed E-state index contributed by atoms with van der Waals surface area (Å²) < 4.78 is 47.4. The third kappa shape index (κ3) is 4.59. The standard InChI is InChI=1S/C19H20F3N5O/c1-12(20)4-5-16(13(2)21)17-9-23-19-24-14(10-27(19)25-17)11-28-15-6-7-26(3)18(22)8-15/h6,8-10H,1,4-5,7,11H2,2-3H3/b16-13-. The van der Waals surface area contributed by atoms with Gasteiger partial charge >= 0.3 is 0 Å². The molecule has 6 nitrogen and oxygen atoms in total. The van der Waals surface area contributed by atoms with Crippen molar-refractivity contribution in [1.82, 2.24) is 24.5 Å². The second kappa shape index (κ2) is 8.28. The molecule has 0 fully saturated rings. The number of fused-ring (bicyclic) bond motifs is 1. The fraction of sp³-hybridized carbons (Fsp3) is 0.316. The van der Waals surface area contributed by atoms with E-state index >= 15 is 0 Å². The van der Waals surface area contributed by atoms with Gasteiger partial charge < -0.3 is 9.64 Å². The lowest BCUT2D eigenvalue weighted by atomic mass is 10.1. The van der Waals surface area contributed by atoms with Gasteiger partial charge in [0.15, 0.2) is 5.95 Å². The smallest absolute Gasteiger partial charge is 0.251 e. The van der Waals surface area contributed by atoms with E-state index in [9.17, 15) is 13.2 Å². The number of rotatable bonds is 7. The van der Waals surface area contributed by atoms with Crippen molar-refractivity contribution in [1.29, 1.82) is 0 Å². The van der Waals surface area contributed by atoms with Gasteiger partial charge in [-0.2, -0.15) is 9.49 Å². The molecule has 28 heavy (non-hydrogen) atoms. The number of ether oxygens (including phenoxy) is 1. The number of nitrogens with zero attached hydrogens (tertiary/aromatic N) is 5. The Balaban J connectivity index is 1.75. The van der Waals surface area contributed by atoms with Crippen molar-refractivity contribution in [3.63, 3.8) is 0 Å². The van der Waals surface area contributed by atoms with E-state index in [1.165, 1.54) is 28.6 Å². The van der Waals surface area contributed by atoms with Crippen LogP contribution < -0.4 is 0 Å². The first-order valence-corrected chi connectivity index (χ1v) is 8.65. The highest BCUT2D eigenvalue weighted by Gasteiger charge is 2.14. The minimum absolute atomic E-state index is 0.00765. The molecule has 0 aromatic carbocycles. The van der Waals surface area contributed by atoms with Crippen LogP contribution in [0.5, 0.6) is 0 Å². The molecule has 3 heterocycles. The predicted octanol–water partition coefficient (Wildman–Crippen LogP) is 4.25. The Bertz CT molecular complexity index is 989. The summed E-state index contributed by atoms with van der Waals surface area (Å²) in [4.78, 5) is 9.90. The lowest BCUT2D eigenvalue weighted by molar-refractivity contribution is 0.196. The van der Waals surface area contributed by atoms with Gasteiger partial charge in [-0.25, -0.2) is 23.3 Å². The topological polar surface area (TPSA) is 55.6 Å². The molecule has 9 heteroatoms. The highest BCUT2D eigenvalue weighted by atomic mass is 19.1. The molecule has 3 rings (SSSR count). The van der Waals surface area contributed by atoms with Crippen LogP contribution in [0.15, 0.2) is 54.5 Å². The van der Waals surface area contributed by atoms with Crippen molar-refractivity contribution < 1.29 is 17.9 Å². The molecule has 0 atom stereocenters. The van der Waals surface area contributed by atoms with Gasteiger partial charge in [0.2, 0.25) is 0 Å². The van der Waals surface area contributed by atoms with Crippen LogP contribution in [0.3, 0.4) is 0 Å². The first-order chi connectivity index (χ1) is 13.3. The number of hydrogen-bond donors (Lipinski definition) is 0. The fourth-order valence-electron chi connectivity index (χ4n) is 2.63. The molecule has 0 saturated carbocycles. The summed E-state index contributed by atoms with van der Waals surface area (Å²) in [5, 5.41) is 4.31. The first kappa shape index (κ1) is 19.7. The summed E-state index contributed by atoms with van der Waals surface area (Å²) in [7, 11) is 1.64. The van der Waals surface area contributed by atoms with Gasteiger partial charge in [0.05, 0.1) is 18.2 Å². The van der Waals surface area contributed by atoms with Crippen LogP contribution >= 0.6 is 0 Å².